The van der Waals surface area contributed by atoms with E-state index in [1.54, 1.807) is 7.11 Å². The number of methoxy groups -OCH3 is 1. The van der Waals surface area contributed by atoms with Gasteiger partial charge in [0.05, 0.1) is 37.5 Å². The van der Waals surface area contributed by atoms with Gasteiger partial charge in [-0.05, 0) is 33.6 Å². The molecule has 1 aromatic carbocycles. The van der Waals surface area contributed by atoms with Crippen molar-refractivity contribution < 1.29 is 18.9 Å². The zero-order chi connectivity index (χ0) is 14.6. The minimum absolute atomic E-state index is 0.491. The van der Waals surface area contributed by atoms with Gasteiger partial charge in [0.1, 0.15) is 12.4 Å². The van der Waals surface area contributed by atoms with E-state index in [2.05, 4.69) is 15.9 Å². The Morgan fingerprint density at radius 1 is 1.00 bits per heavy atom. The number of hydrogen-bond donors (Lipinski definition) is 0. The third-order valence-corrected chi connectivity index (χ3v) is 3.37. The fourth-order valence-corrected chi connectivity index (χ4v) is 2.13. The molecule has 0 heterocycles. The Morgan fingerprint density at radius 3 is 2.25 bits per heavy atom. The van der Waals surface area contributed by atoms with E-state index in [9.17, 15) is 0 Å². The van der Waals surface area contributed by atoms with Gasteiger partial charge in [-0.2, -0.15) is 0 Å². The van der Waals surface area contributed by atoms with Gasteiger partial charge in [-0.25, -0.2) is 0 Å². The number of ether oxygens (including phenoxy) is 4. The van der Waals surface area contributed by atoms with Crippen LogP contribution in [0.25, 0.3) is 0 Å². The molecule has 0 aliphatic heterocycles. The summed E-state index contributed by atoms with van der Waals surface area (Å²) in [6, 6.07) is 5.79. The largest absolute Gasteiger partial charge is 0.490 e. The maximum atomic E-state index is 5.76. The molecule has 6 heteroatoms. The Kier molecular flexibility index (Phi) is 10.1. The highest BCUT2D eigenvalue weighted by Gasteiger charge is 2.02. The van der Waals surface area contributed by atoms with Crippen molar-refractivity contribution in [1.29, 1.82) is 0 Å². The van der Waals surface area contributed by atoms with Crippen molar-refractivity contribution in [1.82, 2.24) is 0 Å². The SMILES string of the molecule is COCCOCCOCCOc1ccc(CCl)cc1Br. The van der Waals surface area contributed by atoms with Crippen LogP contribution in [-0.2, 0) is 20.1 Å². The first-order valence-corrected chi connectivity index (χ1v) is 7.72. The minimum Gasteiger partial charge on any atom is -0.490 e. The minimum atomic E-state index is 0.491. The van der Waals surface area contributed by atoms with E-state index in [1.165, 1.54) is 0 Å². The van der Waals surface area contributed by atoms with Crippen molar-refractivity contribution in [2.45, 2.75) is 5.88 Å². The van der Waals surface area contributed by atoms with Crippen LogP contribution >= 0.6 is 27.5 Å². The normalized spacial score (nSPS) is 10.8. The van der Waals surface area contributed by atoms with E-state index in [4.69, 9.17) is 30.5 Å². The molecule has 0 aliphatic carbocycles. The zero-order valence-electron chi connectivity index (χ0n) is 11.6. The van der Waals surface area contributed by atoms with Crippen molar-refractivity contribution >= 4 is 27.5 Å². The molecule has 4 nitrogen and oxygen atoms in total. The topological polar surface area (TPSA) is 36.9 Å². The maximum Gasteiger partial charge on any atom is 0.133 e. The van der Waals surface area contributed by atoms with Gasteiger partial charge in [0.2, 0.25) is 0 Å². The second-order valence-electron chi connectivity index (χ2n) is 3.96. The highest BCUT2D eigenvalue weighted by atomic mass is 79.9. The lowest BCUT2D eigenvalue weighted by Crippen LogP contribution is -2.12. The molecule has 1 rings (SSSR count). The van der Waals surface area contributed by atoms with Crippen molar-refractivity contribution in [2.24, 2.45) is 0 Å². The molecule has 0 aliphatic rings. The Hall–Kier alpha value is -0.330. The first-order valence-electron chi connectivity index (χ1n) is 6.39. The lowest BCUT2D eigenvalue weighted by Gasteiger charge is -2.10. The summed E-state index contributed by atoms with van der Waals surface area (Å²) in [5.41, 5.74) is 1.05. The standard InChI is InChI=1S/C14H20BrClO4/c1-17-4-5-18-6-7-19-8-9-20-14-3-2-12(11-16)10-13(14)15/h2-3,10H,4-9,11H2,1H3. The molecule has 0 saturated heterocycles. The highest BCUT2D eigenvalue weighted by Crippen LogP contribution is 2.26. The van der Waals surface area contributed by atoms with Gasteiger partial charge in [-0.1, -0.05) is 6.07 Å². The summed E-state index contributed by atoms with van der Waals surface area (Å²) in [6.45, 7) is 3.34. The molecule has 20 heavy (non-hydrogen) atoms. The Bertz CT molecular complexity index is 376. The zero-order valence-corrected chi connectivity index (χ0v) is 13.9. The molecular formula is C14H20BrClO4. The van der Waals surface area contributed by atoms with E-state index in [0.717, 1.165) is 15.8 Å². The lowest BCUT2D eigenvalue weighted by atomic mass is 10.2. The van der Waals surface area contributed by atoms with Gasteiger partial charge >= 0.3 is 0 Å². The predicted molar refractivity (Wildman–Crippen MR) is 82.7 cm³/mol. The van der Waals surface area contributed by atoms with E-state index in [1.807, 2.05) is 18.2 Å². The fraction of sp³-hybridized carbons (Fsp3) is 0.571. The van der Waals surface area contributed by atoms with Crippen molar-refractivity contribution in [3.05, 3.63) is 28.2 Å². The molecule has 0 radical (unpaired) electrons. The molecular weight excluding hydrogens is 348 g/mol. The number of rotatable bonds is 11. The van der Waals surface area contributed by atoms with Gasteiger partial charge in [0, 0.05) is 13.0 Å². The number of benzene rings is 1. The molecule has 0 amide bonds. The van der Waals surface area contributed by atoms with Gasteiger partial charge in [-0.15, -0.1) is 11.6 Å². The summed E-state index contributed by atoms with van der Waals surface area (Å²) in [5.74, 6) is 1.28. The van der Waals surface area contributed by atoms with E-state index in [-0.39, 0.29) is 0 Å². The molecule has 0 bridgehead atoms. The Labute approximate surface area is 133 Å². The summed E-state index contributed by atoms with van der Waals surface area (Å²) in [4.78, 5) is 0. The monoisotopic (exact) mass is 366 g/mol. The Morgan fingerprint density at radius 2 is 1.65 bits per heavy atom. The van der Waals surface area contributed by atoms with Gasteiger partial charge in [0.25, 0.3) is 0 Å². The van der Waals surface area contributed by atoms with Crippen LogP contribution in [0, 0.1) is 0 Å². The van der Waals surface area contributed by atoms with Crippen LogP contribution in [-0.4, -0.2) is 46.8 Å². The lowest BCUT2D eigenvalue weighted by molar-refractivity contribution is 0.0179. The summed E-state index contributed by atoms with van der Waals surface area (Å²) in [5, 5.41) is 0. The van der Waals surface area contributed by atoms with Gasteiger partial charge in [0.15, 0.2) is 0 Å². The molecule has 0 spiro atoms. The predicted octanol–water partition coefficient (Wildman–Crippen LogP) is 3.25. The average molecular weight is 368 g/mol. The second-order valence-corrected chi connectivity index (χ2v) is 5.09. The smallest absolute Gasteiger partial charge is 0.133 e. The quantitative estimate of drug-likeness (QED) is 0.444. The summed E-state index contributed by atoms with van der Waals surface area (Å²) in [7, 11) is 1.65. The highest BCUT2D eigenvalue weighted by molar-refractivity contribution is 9.10. The molecule has 0 atom stereocenters. The second kappa shape index (κ2) is 11.3. The first kappa shape index (κ1) is 17.7. The van der Waals surface area contributed by atoms with Gasteiger partial charge in [-0.3, -0.25) is 0 Å². The van der Waals surface area contributed by atoms with E-state index >= 15 is 0 Å². The van der Waals surface area contributed by atoms with Crippen LogP contribution in [0.1, 0.15) is 5.56 Å². The van der Waals surface area contributed by atoms with Crippen molar-refractivity contribution in [3.8, 4) is 5.75 Å². The van der Waals surface area contributed by atoms with Crippen LogP contribution in [0.15, 0.2) is 22.7 Å². The van der Waals surface area contributed by atoms with E-state index in [0.29, 0.717) is 45.5 Å². The average Bonchev–Trinajstić information content (AvgIpc) is 2.47. The first-order chi connectivity index (χ1) is 9.77. The van der Waals surface area contributed by atoms with Crippen LogP contribution in [0.4, 0.5) is 0 Å². The van der Waals surface area contributed by atoms with E-state index < -0.39 is 0 Å². The number of halogens is 2. The molecule has 0 saturated carbocycles. The molecule has 0 N–H and O–H groups in total. The van der Waals surface area contributed by atoms with Crippen LogP contribution in [0.5, 0.6) is 5.75 Å². The van der Waals surface area contributed by atoms with Crippen molar-refractivity contribution in [2.75, 3.05) is 46.8 Å². The molecule has 114 valence electrons. The van der Waals surface area contributed by atoms with Crippen LogP contribution < -0.4 is 4.74 Å². The molecule has 1 aromatic rings. The van der Waals surface area contributed by atoms with Crippen LogP contribution in [0.3, 0.4) is 0 Å². The number of hydrogen-bond acceptors (Lipinski definition) is 4. The van der Waals surface area contributed by atoms with Gasteiger partial charge < -0.3 is 18.9 Å². The number of alkyl halides is 1. The summed E-state index contributed by atoms with van der Waals surface area (Å²) >= 11 is 9.21. The molecule has 0 fully saturated rings. The summed E-state index contributed by atoms with van der Waals surface area (Å²) < 4.78 is 22.0. The maximum absolute atomic E-state index is 5.76. The third-order valence-electron chi connectivity index (χ3n) is 2.44. The molecule has 0 unspecified atom stereocenters. The molecule has 0 aromatic heterocycles. The summed E-state index contributed by atoms with van der Waals surface area (Å²) in [6.07, 6.45) is 0. The Balaban J connectivity index is 2.06. The van der Waals surface area contributed by atoms with Crippen LogP contribution in [0.2, 0.25) is 0 Å². The third kappa shape index (κ3) is 7.45. The fourth-order valence-electron chi connectivity index (χ4n) is 1.42. The van der Waals surface area contributed by atoms with Crippen molar-refractivity contribution in [3.63, 3.8) is 0 Å².